The van der Waals surface area contributed by atoms with Crippen LogP contribution in [0.5, 0.6) is 0 Å². The predicted octanol–water partition coefficient (Wildman–Crippen LogP) is 1.42. The molecule has 1 fully saturated rings. The van der Waals surface area contributed by atoms with Crippen molar-refractivity contribution >= 4 is 21.4 Å². The van der Waals surface area contributed by atoms with E-state index in [0.717, 1.165) is 11.3 Å². The highest BCUT2D eigenvalue weighted by atomic mass is 32.2. The molecule has 0 radical (unpaired) electrons. The lowest BCUT2D eigenvalue weighted by Gasteiger charge is -2.36. The van der Waals surface area contributed by atoms with Gasteiger partial charge in [0.2, 0.25) is 0 Å². The van der Waals surface area contributed by atoms with E-state index < -0.39 is 15.6 Å². The zero-order valence-electron chi connectivity index (χ0n) is 10.2. The minimum atomic E-state index is -3.50. The number of sulfonamides is 1. The lowest BCUT2D eigenvalue weighted by molar-refractivity contribution is -0.0639. The van der Waals surface area contributed by atoms with Gasteiger partial charge in [0.1, 0.15) is 15.2 Å². The topological polar surface area (TPSA) is 70.4 Å². The van der Waals surface area contributed by atoms with Crippen LogP contribution in [0.2, 0.25) is 0 Å². The van der Waals surface area contributed by atoms with Crippen LogP contribution in [0.15, 0.2) is 16.3 Å². The molecule has 7 heteroatoms. The largest absolute Gasteiger partial charge is 0.373 e. The quantitative estimate of drug-likeness (QED) is 0.824. The maximum absolute atomic E-state index is 12.4. The summed E-state index contributed by atoms with van der Waals surface area (Å²) in [7, 11) is -3.50. The summed E-state index contributed by atoms with van der Waals surface area (Å²) in [5.74, 6) is 0. The SMILES string of the molecule is CC1(C)CN(S(=O)(=O)c2ccc(C#N)s2)CCO1. The van der Waals surface area contributed by atoms with Crippen LogP contribution < -0.4 is 0 Å². The predicted molar refractivity (Wildman–Crippen MR) is 67.8 cm³/mol. The van der Waals surface area contributed by atoms with E-state index in [4.69, 9.17) is 10.00 Å². The molecule has 0 amide bonds. The first-order valence-corrected chi connectivity index (χ1v) is 7.75. The zero-order valence-corrected chi connectivity index (χ0v) is 11.8. The fourth-order valence-electron chi connectivity index (χ4n) is 1.82. The van der Waals surface area contributed by atoms with Crippen molar-refractivity contribution in [2.75, 3.05) is 19.7 Å². The van der Waals surface area contributed by atoms with Crippen molar-refractivity contribution in [3.63, 3.8) is 0 Å². The molecule has 0 saturated carbocycles. The van der Waals surface area contributed by atoms with Crippen LogP contribution in [0.4, 0.5) is 0 Å². The van der Waals surface area contributed by atoms with Crippen LogP contribution in [0.1, 0.15) is 18.7 Å². The Balaban J connectivity index is 2.29. The van der Waals surface area contributed by atoms with Gasteiger partial charge in [0.05, 0.1) is 12.2 Å². The second kappa shape index (κ2) is 4.63. The van der Waals surface area contributed by atoms with Crippen LogP contribution in [-0.2, 0) is 14.8 Å². The Bertz CT molecular complexity index is 584. The van der Waals surface area contributed by atoms with Gasteiger partial charge in [-0.3, -0.25) is 0 Å². The summed E-state index contributed by atoms with van der Waals surface area (Å²) < 4.78 is 31.9. The highest BCUT2D eigenvalue weighted by molar-refractivity contribution is 7.91. The minimum Gasteiger partial charge on any atom is -0.373 e. The molecule has 0 aliphatic carbocycles. The minimum absolute atomic E-state index is 0.219. The van der Waals surface area contributed by atoms with Gasteiger partial charge >= 0.3 is 0 Å². The van der Waals surface area contributed by atoms with Gasteiger partial charge in [-0.25, -0.2) is 8.42 Å². The molecular formula is C11H14N2O3S2. The molecule has 18 heavy (non-hydrogen) atoms. The summed E-state index contributed by atoms with van der Waals surface area (Å²) in [6.07, 6.45) is 0. The van der Waals surface area contributed by atoms with E-state index in [2.05, 4.69) is 0 Å². The Labute approximate surface area is 111 Å². The van der Waals surface area contributed by atoms with E-state index in [9.17, 15) is 8.42 Å². The van der Waals surface area contributed by atoms with E-state index >= 15 is 0 Å². The third kappa shape index (κ3) is 2.57. The number of thiophene rings is 1. The molecule has 0 N–H and O–H groups in total. The van der Waals surface area contributed by atoms with Crippen molar-refractivity contribution in [1.82, 2.24) is 4.31 Å². The van der Waals surface area contributed by atoms with Crippen LogP contribution >= 0.6 is 11.3 Å². The lowest BCUT2D eigenvalue weighted by Crippen LogP contribution is -2.50. The summed E-state index contributed by atoms with van der Waals surface area (Å²) in [6, 6.07) is 4.97. The molecule has 1 aromatic rings. The van der Waals surface area contributed by atoms with Crippen molar-refractivity contribution < 1.29 is 13.2 Å². The standard InChI is InChI=1S/C11H14N2O3S2/c1-11(2)8-13(5-6-16-11)18(14,15)10-4-3-9(7-12)17-10/h3-4H,5-6,8H2,1-2H3. The molecule has 0 unspecified atom stereocenters. The smallest absolute Gasteiger partial charge is 0.252 e. The van der Waals surface area contributed by atoms with Crippen LogP contribution in [-0.4, -0.2) is 38.0 Å². The first kappa shape index (κ1) is 13.5. The normalized spacial score (nSPS) is 20.5. The molecule has 98 valence electrons. The second-order valence-corrected chi connectivity index (χ2v) is 7.93. The zero-order chi connectivity index (χ0) is 13.4. The third-order valence-corrected chi connectivity index (χ3v) is 5.98. The molecule has 1 aliphatic rings. The highest BCUT2D eigenvalue weighted by Gasteiger charge is 2.35. The number of ether oxygens (including phenoxy) is 1. The summed E-state index contributed by atoms with van der Waals surface area (Å²) in [5.41, 5.74) is -0.472. The van der Waals surface area contributed by atoms with Crippen LogP contribution in [0.25, 0.3) is 0 Å². The van der Waals surface area contributed by atoms with Gasteiger partial charge in [-0.05, 0) is 26.0 Å². The second-order valence-electron chi connectivity index (χ2n) is 4.68. The van der Waals surface area contributed by atoms with Gasteiger partial charge in [-0.1, -0.05) is 0 Å². The first-order chi connectivity index (χ1) is 8.35. The maximum Gasteiger partial charge on any atom is 0.252 e. The molecule has 0 atom stereocenters. The molecule has 2 rings (SSSR count). The molecular weight excluding hydrogens is 272 g/mol. The number of hydrogen-bond donors (Lipinski definition) is 0. The first-order valence-electron chi connectivity index (χ1n) is 5.49. The Hall–Kier alpha value is -0.940. The van der Waals surface area contributed by atoms with Crippen LogP contribution in [0, 0.1) is 11.3 Å². The number of nitrogens with zero attached hydrogens (tertiary/aromatic N) is 2. The fourth-order valence-corrected chi connectivity index (χ4v) is 4.66. The van der Waals surface area contributed by atoms with Crippen LogP contribution in [0.3, 0.4) is 0 Å². The average molecular weight is 286 g/mol. The van der Waals surface area contributed by atoms with Gasteiger partial charge in [-0.15, -0.1) is 11.3 Å². The van der Waals surface area contributed by atoms with Crippen molar-refractivity contribution in [2.45, 2.75) is 23.7 Å². The molecule has 2 heterocycles. The molecule has 1 saturated heterocycles. The molecule has 1 aliphatic heterocycles. The Kier molecular flexibility index (Phi) is 3.47. The van der Waals surface area contributed by atoms with Crippen molar-refractivity contribution in [3.8, 4) is 6.07 Å². The number of hydrogen-bond acceptors (Lipinski definition) is 5. The number of rotatable bonds is 2. The van der Waals surface area contributed by atoms with Gasteiger partial charge < -0.3 is 4.74 Å². The van der Waals surface area contributed by atoms with Crippen molar-refractivity contribution in [2.24, 2.45) is 0 Å². The summed E-state index contributed by atoms with van der Waals surface area (Å²) in [6.45, 7) is 4.80. The van der Waals surface area contributed by atoms with E-state index in [0.29, 0.717) is 24.6 Å². The fraction of sp³-hybridized carbons (Fsp3) is 0.545. The maximum atomic E-state index is 12.4. The van der Waals surface area contributed by atoms with E-state index in [1.165, 1.54) is 16.4 Å². The Morgan fingerprint density at radius 3 is 2.78 bits per heavy atom. The van der Waals surface area contributed by atoms with Gasteiger partial charge in [0.15, 0.2) is 0 Å². The third-order valence-electron chi connectivity index (χ3n) is 2.68. The molecule has 0 bridgehead atoms. The molecule has 1 aromatic heterocycles. The van der Waals surface area contributed by atoms with Gasteiger partial charge in [0.25, 0.3) is 10.0 Å². The molecule has 0 aromatic carbocycles. The van der Waals surface area contributed by atoms with Gasteiger partial charge in [-0.2, -0.15) is 9.57 Å². The monoisotopic (exact) mass is 286 g/mol. The van der Waals surface area contributed by atoms with E-state index in [1.807, 2.05) is 19.9 Å². The Morgan fingerprint density at radius 1 is 1.50 bits per heavy atom. The lowest BCUT2D eigenvalue weighted by atomic mass is 10.1. The van der Waals surface area contributed by atoms with Crippen molar-refractivity contribution in [3.05, 3.63) is 17.0 Å². The highest BCUT2D eigenvalue weighted by Crippen LogP contribution is 2.27. The average Bonchev–Trinajstić information content (AvgIpc) is 2.76. The van der Waals surface area contributed by atoms with Crippen molar-refractivity contribution in [1.29, 1.82) is 5.26 Å². The summed E-state index contributed by atoms with van der Waals surface area (Å²) in [5, 5.41) is 8.74. The van der Waals surface area contributed by atoms with Gasteiger partial charge in [0, 0.05) is 13.1 Å². The van der Waals surface area contributed by atoms with E-state index in [-0.39, 0.29) is 4.21 Å². The Morgan fingerprint density at radius 2 is 2.22 bits per heavy atom. The number of morpholine rings is 1. The summed E-state index contributed by atoms with van der Waals surface area (Å²) >= 11 is 1.00. The summed E-state index contributed by atoms with van der Waals surface area (Å²) in [4.78, 5) is 0.404. The molecule has 0 spiro atoms. The van der Waals surface area contributed by atoms with E-state index in [1.54, 1.807) is 0 Å². The number of nitriles is 1. The molecule has 5 nitrogen and oxygen atoms in total.